The van der Waals surface area contributed by atoms with Crippen LogP contribution in [0.1, 0.15) is 38.7 Å². The van der Waals surface area contributed by atoms with Gasteiger partial charge in [-0.1, -0.05) is 26.0 Å². The second-order valence-corrected chi connectivity index (χ2v) is 5.35. The SMILES string of the molecule is CC(C)NCCCC(=O)Nc1ccc(CCC(=O)O)cc1. The highest BCUT2D eigenvalue weighted by Gasteiger charge is 2.03. The lowest BCUT2D eigenvalue weighted by molar-refractivity contribution is -0.137. The average Bonchev–Trinajstić information content (AvgIpc) is 2.42. The molecule has 0 saturated heterocycles. The molecule has 1 aromatic carbocycles. The van der Waals surface area contributed by atoms with Crippen LogP contribution in [0.2, 0.25) is 0 Å². The number of carbonyl (C=O) groups excluding carboxylic acids is 1. The van der Waals surface area contributed by atoms with Crippen LogP contribution in [0.15, 0.2) is 24.3 Å². The molecule has 0 saturated carbocycles. The largest absolute Gasteiger partial charge is 0.481 e. The smallest absolute Gasteiger partial charge is 0.303 e. The first-order valence-electron chi connectivity index (χ1n) is 7.31. The molecule has 1 amide bonds. The minimum atomic E-state index is -0.803. The highest BCUT2D eigenvalue weighted by molar-refractivity contribution is 5.90. The molecule has 0 radical (unpaired) electrons. The third-order valence-corrected chi connectivity index (χ3v) is 3.00. The van der Waals surface area contributed by atoms with Gasteiger partial charge in [0.2, 0.25) is 5.91 Å². The molecule has 0 bridgehead atoms. The van der Waals surface area contributed by atoms with Crippen LogP contribution >= 0.6 is 0 Å². The van der Waals surface area contributed by atoms with Crippen molar-refractivity contribution in [3.8, 4) is 0 Å². The molecule has 0 heterocycles. The summed E-state index contributed by atoms with van der Waals surface area (Å²) in [4.78, 5) is 22.2. The number of aryl methyl sites for hydroxylation is 1. The number of rotatable bonds is 9. The van der Waals surface area contributed by atoms with Crippen molar-refractivity contribution in [2.75, 3.05) is 11.9 Å². The summed E-state index contributed by atoms with van der Waals surface area (Å²) < 4.78 is 0. The fourth-order valence-corrected chi connectivity index (χ4v) is 1.87. The number of carboxylic acid groups (broad SMARTS) is 1. The first-order chi connectivity index (χ1) is 9.97. The number of nitrogens with one attached hydrogen (secondary N) is 2. The molecule has 0 aromatic heterocycles. The van der Waals surface area contributed by atoms with E-state index in [1.54, 1.807) is 12.1 Å². The van der Waals surface area contributed by atoms with Gasteiger partial charge in [-0.25, -0.2) is 0 Å². The summed E-state index contributed by atoms with van der Waals surface area (Å²) in [6, 6.07) is 7.74. The molecule has 0 aliphatic carbocycles. The van der Waals surface area contributed by atoms with Gasteiger partial charge in [-0.3, -0.25) is 9.59 Å². The average molecular weight is 292 g/mol. The van der Waals surface area contributed by atoms with Gasteiger partial charge in [-0.15, -0.1) is 0 Å². The molecule has 1 aromatic rings. The molecule has 21 heavy (non-hydrogen) atoms. The van der Waals surface area contributed by atoms with Gasteiger partial charge in [0.05, 0.1) is 0 Å². The topological polar surface area (TPSA) is 78.4 Å². The monoisotopic (exact) mass is 292 g/mol. The van der Waals surface area contributed by atoms with E-state index in [9.17, 15) is 9.59 Å². The van der Waals surface area contributed by atoms with Gasteiger partial charge in [0.25, 0.3) is 0 Å². The number of hydrogen-bond donors (Lipinski definition) is 3. The van der Waals surface area contributed by atoms with Gasteiger partial charge in [-0.2, -0.15) is 0 Å². The third kappa shape index (κ3) is 8.09. The van der Waals surface area contributed by atoms with Crippen LogP contribution in [0.25, 0.3) is 0 Å². The Morgan fingerprint density at radius 3 is 2.38 bits per heavy atom. The van der Waals surface area contributed by atoms with Gasteiger partial charge in [0.1, 0.15) is 0 Å². The Hall–Kier alpha value is -1.88. The summed E-state index contributed by atoms with van der Waals surface area (Å²) in [6.07, 6.45) is 1.92. The van der Waals surface area contributed by atoms with Crippen LogP contribution in [0.4, 0.5) is 5.69 Å². The summed E-state index contributed by atoms with van der Waals surface area (Å²) in [5.41, 5.74) is 1.70. The molecule has 3 N–H and O–H groups in total. The van der Waals surface area contributed by atoms with Crippen LogP contribution in [0.3, 0.4) is 0 Å². The third-order valence-electron chi connectivity index (χ3n) is 3.00. The Balaban J connectivity index is 2.30. The lowest BCUT2D eigenvalue weighted by Crippen LogP contribution is -2.24. The Bertz CT molecular complexity index is 455. The van der Waals surface area contributed by atoms with Crippen molar-refractivity contribution in [3.05, 3.63) is 29.8 Å². The van der Waals surface area contributed by atoms with Crippen molar-refractivity contribution in [1.82, 2.24) is 5.32 Å². The highest BCUT2D eigenvalue weighted by atomic mass is 16.4. The Kier molecular flexibility index (Phi) is 7.46. The van der Waals surface area contributed by atoms with Crippen LogP contribution in [0, 0.1) is 0 Å². The molecular formula is C16H24N2O3. The predicted molar refractivity (Wildman–Crippen MR) is 83.4 cm³/mol. The van der Waals surface area contributed by atoms with Crippen LogP contribution < -0.4 is 10.6 Å². The number of benzene rings is 1. The second kappa shape index (κ2) is 9.13. The molecule has 5 heteroatoms. The van der Waals surface area contributed by atoms with Crippen LogP contribution in [0.5, 0.6) is 0 Å². The molecule has 5 nitrogen and oxygen atoms in total. The summed E-state index contributed by atoms with van der Waals surface area (Å²) >= 11 is 0. The zero-order valence-corrected chi connectivity index (χ0v) is 12.7. The van der Waals surface area contributed by atoms with Gasteiger partial charge < -0.3 is 15.7 Å². The summed E-state index contributed by atoms with van der Waals surface area (Å²) in [7, 11) is 0. The van der Waals surface area contributed by atoms with E-state index in [1.165, 1.54) is 0 Å². The Morgan fingerprint density at radius 1 is 1.14 bits per heavy atom. The Labute approximate surface area is 125 Å². The molecular weight excluding hydrogens is 268 g/mol. The number of anilines is 1. The number of aliphatic carboxylic acids is 1. The maximum Gasteiger partial charge on any atom is 0.303 e. The normalized spacial score (nSPS) is 10.6. The minimum Gasteiger partial charge on any atom is -0.481 e. The zero-order chi connectivity index (χ0) is 15.7. The zero-order valence-electron chi connectivity index (χ0n) is 12.7. The maximum atomic E-state index is 11.7. The van der Waals surface area contributed by atoms with E-state index in [4.69, 9.17) is 5.11 Å². The summed E-state index contributed by atoms with van der Waals surface area (Å²) in [6.45, 7) is 4.98. The summed E-state index contributed by atoms with van der Waals surface area (Å²) in [5, 5.41) is 14.7. The van der Waals surface area contributed by atoms with Crippen molar-refractivity contribution in [2.45, 2.75) is 45.6 Å². The van der Waals surface area contributed by atoms with E-state index < -0.39 is 5.97 Å². The van der Waals surface area contributed by atoms with Crippen LogP contribution in [-0.2, 0) is 16.0 Å². The van der Waals surface area contributed by atoms with Crippen molar-refractivity contribution in [3.63, 3.8) is 0 Å². The van der Waals surface area contributed by atoms with Gasteiger partial charge in [0, 0.05) is 24.6 Å². The standard InChI is InChI=1S/C16H24N2O3/c1-12(2)17-11-3-4-15(19)18-14-8-5-13(6-9-14)7-10-16(20)21/h5-6,8-9,12,17H,3-4,7,10-11H2,1-2H3,(H,18,19)(H,20,21). The number of carboxylic acids is 1. The minimum absolute atomic E-state index is 0.00107. The van der Waals surface area contributed by atoms with E-state index in [0.29, 0.717) is 18.9 Å². The molecule has 116 valence electrons. The number of amides is 1. The van der Waals surface area contributed by atoms with E-state index in [2.05, 4.69) is 24.5 Å². The van der Waals surface area contributed by atoms with Crippen molar-refractivity contribution < 1.29 is 14.7 Å². The molecule has 0 unspecified atom stereocenters. The van der Waals surface area contributed by atoms with E-state index >= 15 is 0 Å². The predicted octanol–water partition coefficient (Wildman–Crippen LogP) is 2.42. The molecule has 0 spiro atoms. The maximum absolute atomic E-state index is 11.7. The van der Waals surface area contributed by atoms with Gasteiger partial charge in [0.15, 0.2) is 0 Å². The van der Waals surface area contributed by atoms with Crippen molar-refractivity contribution in [2.24, 2.45) is 0 Å². The fourth-order valence-electron chi connectivity index (χ4n) is 1.87. The Morgan fingerprint density at radius 2 is 1.81 bits per heavy atom. The summed E-state index contributed by atoms with van der Waals surface area (Å²) in [5.74, 6) is -0.804. The molecule has 0 aliphatic heterocycles. The van der Waals surface area contributed by atoms with E-state index in [1.807, 2.05) is 12.1 Å². The molecule has 0 atom stereocenters. The highest BCUT2D eigenvalue weighted by Crippen LogP contribution is 2.11. The lowest BCUT2D eigenvalue weighted by atomic mass is 10.1. The first kappa shape index (κ1) is 17.2. The van der Waals surface area contributed by atoms with E-state index in [0.717, 1.165) is 24.2 Å². The molecule has 1 rings (SSSR count). The second-order valence-electron chi connectivity index (χ2n) is 5.35. The van der Waals surface area contributed by atoms with Gasteiger partial charge in [-0.05, 0) is 37.1 Å². The number of carbonyl (C=O) groups is 2. The quantitative estimate of drug-likeness (QED) is 0.611. The molecule has 0 aliphatic rings. The van der Waals surface area contributed by atoms with Crippen molar-refractivity contribution >= 4 is 17.6 Å². The fraction of sp³-hybridized carbons (Fsp3) is 0.500. The van der Waals surface area contributed by atoms with Crippen molar-refractivity contribution in [1.29, 1.82) is 0 Å². The van der Waals surface area contributed by atoms with Crippen LogP contribution in [-0.4, -0.2) is 29.6 Å². The van der Waals surface area contributed by atoms with Gasteiger partial charge >= 0.3 is 5.97 Å². The number of hydrogen-bond acceptors (Lipinski definition) is 3. The van der Waals surface area contributed by atoms with E-state index in [-0.39, 0.29) is 12.3 Å². The lowest BCUT2D eigenvalue weighted by Gasteiger charge is -2.08. The first-order valence-corrected chi connectivity index (χ1v) is 7.31. The molecule has 0 fully saturated rings.